The number of rotatable bonds is 4. The van der Waals surface area contributed by atoms with Gasteiger partial charge in [-0.3, -0.25) is 0 Å². The fraction of sp³-hybridized carbons (Fsp3) is 0.250. The smallest absolute Gasteiger partial charge is 0.137 e. The van der Waals surface area contributed by atoms with Crippen molar-refractivity contribution in [3.63, 3.8) is 0 Å². The van der Waals surface area contributed by atoms with E-state index in [-0.39, 0.29) is 0 Å². The molecular formula is C12H13Cl2N3. The van der Waals surface area contributed by atoms with Gasteiger partial charge >= 0.3 is 0 Å². The van der Waals surface area contributed by atoms with Gasteiger partial charge in [0, 0.05) is 34.0 Å². The largest absolute Gasteiger partial charge is 0.341 e. The van der Waals surface area contributed by atoms with Crippen LogP contribution in [0.2, 0.25) is 10.0 Å². The summed E-state index contributed by atoms with van der Waals surface area (Å²) in [6, 6.07) is 5.38. The highest BCUT2D eigenvalue weighted by Gasteiger charge is 2.05. The highest BCUT2D eigenvalue weighted by molar-refractivity contribution is 6.35. The topological polar surface area (TPSA) is 40.7 Å². The summed E-state index contributed by atoms with van der Waals surface area (Å²) in [7, 11) is 0. The van der Waals surface area contributed by atoms with E-state index >= 15 is 0 Å². The molecule has 0 bridgehead atoms. The zero-order valence-corrected chi connectivity index (χ0v) is 10.9. The lowest BCUT2D eigenvalue weighted by molar-refractivity contribution is 0.714. The van der Waals surface area contributed by atoms with E-state index in [1.807, 2.05) is 18.3 Å². The molecule has 0 atom stereocenters. The molecule has 0 spiro atoms. The van der Waals surface area contributed by atoms with Crippen LogP contribution in [0.1, 0.15) is 12.6 Å². The predicted octanol–water partition coefficient (Wildman–Crippen LogP) is 3.49. The first-order valence-electron chi connectivity index (χ1n) is 5.40. The van der Waals surface area contributed by atoms with Gasteiger partial charge in [0.05, 0.1) is 0 Å². The summed E-state index contributed by atoms with van der Waals surface area (Å²) in [5.41, 5.74) is 1.93. The SMILES string of the molecule is CCNCc1cnc(-c2cc(Cl)cc(Cl)c2)[nH]1. The molecule has 0 aliphatic carbocycles. The number of aromatic amines is 1. The van der Waals surface area contributed by atoms with E-state index < -0.39 is 0 Å². The van der Waals surface area contributed by atoms with Gasteiger partial charge < -0.3 is 10.3 Å². The Morgan fingerprint density at radius 3 is 2.59 bits per heavy atom. The Bertz CT molecular complexity index is 488. The second-order valence-electron chi connectivity index (χ2n) is 3.70. The standard InChI is InChI=1S/C12H13Cl2N3/c1-2-15-6-11-7-16-12(17-11)8-3-9(13)5-10(14)4-8/h3-5,7,15H,2,6H2,1H3,(H,16,17). The van der Waals surface area contributed by atoms with E-state index in [1.54, 1.807) is 6.07 Å². The van der Waals surface area contributed by atoms with Gasteiger partial charge in [0.15, 0.2) is 0 Å². The van der Waals surface area contributed by atoms with Crippen LogP contribution in [0.15, 0.2) is 24.4 Å². The molecule has 0 aliphatic heterocycles. The molecule has 0 saturated carbocycles. The molecule has 2 rings (SSSR count). The molecule has 2 aromatic rings. The quantitative estimate of drug-likeness (QED) is 0.892. The molecular weight excluding hydrogens is 257 g/mol. The monoisotopic (exact) mass is 269 g/mol. The van der Waals surface area contributed by atoms with E-state index in [0.717, 1.165) is 30.2 Å². The molecule has 0 radical (unpaired) electrons. The van der Waals surface area contributed by atoms with Gasteiger partial charge in [0.1, 0.15) is 5.82 Å². The van der Waals surface area contributed by atoms with E-state index in [9.17, 15) is 0 Å². The fourth-order valence-corrected chi connectivity index (χ4v) is 2.07. The highest BCUT2D eigenvalue weighted by atomic mass is 35.5. The van der Waals surface area contributed by atoms with Gasteiger partial charge in [-0.15, -0.1) is 0 Å². The Kier molecular flexibility index (Phi) is 4.05. The summed E-state index contributed by atoms with van der Waals surface area (Å²) < 4.78 is 0. The molecule has 0 aliphatic rings. The molecule has 3 nitrogen and oxygen atoms in total. The number of aromatic nitrogens is 2. The summed E-state index contributed by atoms with van der Waals surface area (Å²) in [5.74, 6) is 0.780. The van der Waals surface area contributed by atoms with E-state index in [4.69, 9.17) is 23.2 Å². The molecule has 1 heterocycles. The fourth-order valence-electron chi connectivity index (χ4n) is 1.55. The molecule has 0 unspecified atom stereocenters. The molecule has 0 fully saturated rings. The normalized spacial score (nSPS) is 10.8. The Labute approximate surface area is 110 Å². The number of nitrogens with zero attached hydrogens (tertiary/aromatic N) is 1. The van der Waals surface area contributed by atoms with Crippen molar-refractivity contribution in [3.8, 4) is 11.4 Å². The minimum atomic E-state index is 0.608. The molecule has 0 amide bonds. The van der Waals surface area contributed by atoms with Crippen LogP contribution in [-0.2, 0) is 6.54 Å². The van der Waals surface area contributed by atoms with Crippen LogP contribution >= 0.6 is 23.2 Å². The molecule has 17 heavy (non-hydrogen) atoms. The third-order valence-corrected chi connectivity index (χ3v) is 2.77. The van der Waals surface area contributed by atoms with Crippen LogP contribution in [-0.4, -0.2) is 16.5 Å². The number of halogens is 2. The first-order valence-corrected chi connectivity index (χ1v) is 6.15. The molecule has 90 valence electrons. The van der Waals surface area contributed by atoms with Gasteiger partial charge in [-0.25, -0.2) is 4.98 Å². The highest BCUT2D eigenvalue weighted by Crippen LogP contribution is 2.25. The van der Waals surface area contributed by atoms with Crippen LogP contribution < -0.4 is 5.32 Å². The lowest BCUT2D eigenvalue weighted by Crippen LogP contribution is -2.11. The maximum Gasteiger partial charge on any atom is 0.137 e. The molecule has 0 saturated heterocycles. The van der Waals surface area contributed by atoms with Crippen LogP contribution in [0.4, 0.5) is 0 Å². The average molecular weight is 270 g/mol. The zero-order valence-electron chi connectivity index (χ0n) is 9.43. The number of imidazole rings is 1. The summed E-state index contributed by atoms with van der Waals surface area (Å²) in [4.78, 5) is 7.54. The number of hydrogen-bond donors (Lipinski definition) is 2. The van der Waals surface area contributed by atoms with Crippen molar-refractivity contribution in [3.05, 3.63) is 40.1 Å². The Morgan fingerprint density at radius 2 is 1.94 bits per heavy atom. The minimum Gasteiger partial charge on any atom is -0.341 e. The lowest BCUT2D eigenvalue weighted by atomic mass is 10.2. The van der Waals surface area contributed by atoms with Gasteiger partial charge in [0.2, 0.25) is 0 Å². The van der Waals surface area contributed by atoms with E-state index in [0.29, 0.717) is 10.0 Å². The number of H-pyrrole nitrogens is 1. The van der Waals surface area contributed by atoms with Crippen molar-refractivity contribution in [2.24, 2.45) is 0 Å². The summed E-state index contributed by atoms with van der Waals surface area (Å²) >= 11 is 11.9. The minimum absolute atomic E-state index is 0.608. The summed E-state index contributed by atoms with van der Waals surface area (Å²) in [5, 5.41) is 4.45. The summed E-state index contributed by atoms with van der Waals surface area (Å²) in [6.07, 6.45) is 1.81. The Morgan fingerprint density at radius 1 is 1.24 bits per heavy atom. The van der Waals surface area contributed by atoms with Gasteiger partial charge in [0.25, 0.3) is 0 Å². The van der Waals surface area contributed by atoms with Crippen molar-refractivity contribution >= 4 is 23.2 Å². The van der Waals surface area contributed by atoms with Crippen LogP contribution in [0, 0.1) is 0 Å². The first kappa shape index (κ1) is 12.4. The maximum absolute atomic E-state index is 5.95. The first-order chi connectivity index (χ1) is 8.19. The molecule has 1 aromatic heterocycles. The number of hydrogen-bond acceptors (Lipinski definition) is 2. The van der Waals surface area contributed by atoms with Crippen molar-refractivity contribution in [1.29, 1.82) is 0 Å². The predicted molar refractivity (Wildman–Crippen MR) is 71.4 cm³/mol. The van der Waals surface area contributed by atoms with Crippen molar-refractivity contribution in [2.75, 3.05) is 6.54 Å². The molecule has 2 N–H and O–H groups in total. The third-order valence-electron chi connectivity index (χ3n) is 2.33. The lowest BCUT2D eigenvalue weighted by Gasteiger charge is -2.00. The van der Waals surface area contributed by atoms with E-state index in [1.165, 1.54) is 0 Å². The van der Waals surface area contributed by atoms with Crippen molar-refractivity contribution in [1.82, 2.24) is 15.3 Å². The van der Waals surface area contributed by atoms with Crippen LogP contribution in [0.3, 0.4) is 0 Å². The second kappa shape index (κ2) is 5.54. The second-order valence-corrected chi connectivity index (χ2v) is 4.57. The van der Waals surface area contributed by atoms with E-state index in [2.05, 4.69) is 22.2 Å². The summed E-state index contributed by atoms with van der Waals surface area (Å²) in [6.45, 7) is 3.77. The number of nitrogens with one attached hydrogen (secondary N) is 2. The van der Waals surface area contributed by atoms with Crippen molar-refractivity contribution in [2.45, 2.75) is 13.5 Å². The average Bonchev–Trinajstić information content (AvgIpc) is 2.73. The van der Waals surface area contributed by atoms with Crippen molar-refractivity contribution < 1.29 is 0 Å². The number of benzene rings is 1. The van der Waals surface area contributed by atoms with Gasteiger partial charge in [-0.05, 0) is 24.7 Å². The zero-order chi connectivity index (χ0) is 12.3. The molecule has 5 heteroatoms. The van der Waals surface area contributed by atoms with Gasteiger partial charge in [-0.1, -0.05) is 30.1 Å². The third kappa shape index (κ3) is 3.22. The maximum atomic E-state index is 5.95. The Balaban J connectivity index is 2.24. The molecule has 1 aromatic carbocycles. The van der Waals surface area contributed by atoms with Gasteiger partial charge in [-0.2, -0.15) is 0 Å². The van der Waals surface area contributed by atoms with Crippen LogP contribution in [0.5, 0.6) is 0 Å². The Hall–Kier alpha value is -1.03. The van der Waals surface area contributed by atoms with Crippen LogP contribution in [0.25, 0.3) is 11.4 Å².